The van der Waals surface area contributed by atoms with Crippen LogP contribution in [0.25, 0.3) is 0 Å². The number of carbonyl (C=O) groups excluding carboxylic acids is 2. The first kappa shape index (κ1) is 31.4. The van der Waals surface area contributed by atoms with E-state index in [0.29, 0.717) is 52.1 Å². The molecule has 2 aromatic rings. The summed E-state index contributed by atoms with van der Waals surface area (Å²) >= 11 is 0. The van der Waals surface area contributed by atoms with E-state index in [-0.39, 0.29) is 50.2 Å². The lowest BCUT2D eigenvalue weighted by Crippen LogP contribution is -2.26. The van der Waals surface area contributed by atoms with Crippen molar-refractivity contribution in [2.45, 2.75) is 50.7 Å². The van der Waals surface area contributed by atoms with Gasteiger partial charge in [-0.15, -0.1) is 0 Å². The van der Waals surface area contributed by atoms with Crippen molar-refractivity contribution in [1.82, 2.24) is 0 Å². The zero-order valence-electron chi connectivity index (χ0n) is 22.7. The van der Waals surface area contributed by atoms with Crippen LogP contribution in [0.15, 0.2) is 60.7 Å². The molecule has 0 aliphatic carbocycles. The van der Waals surface area contributed by atoms with Crippen LogP contribution in [0.5, 0.6) is 0 Å². The van der Waals surface area contributed by atoms with Crippen molar-refractivity contribution < 1.29 is 38.0 Å². The predicted octanol–water partition coefficient (Wildman–Crippen LogP) is 4.18. The maximum absolute atomic E-state index is 12.2. The number of rotatable bonds is 21. The van der Waals surface area contributed by atoms with E-state index in [1.165, 1.54) is 0 Å². The molecule has 2 unspecified atom stereocenters. The topological polar surface area (TPSA) is 89.5 Å². The van der Waals surface area contributed by atoms with Crippen molar-refractivity contribution in [2.75, 3.05) is 53.9 Å². The largest absolute Gasteiger partial charge is 0.463 e. The van der Waals surface area contributed by atoms with E-state index in [1.807, 2.05) is 60.7 Å². The zero-order valence-corrected chi connectivity index (χ0v) is 22.7. The fourth-order valence-electron chi connectivity index (χ4n) is 3.74. The highest BCUT2D eigenvalue weighted by Gasteiger charge is 2.16. The van der Waals surface area contributed by atoms with Gasteiger partial charge >= 0.3 is 11.9 Å². The molecule has 0 N–H and O–H groups in total. The molecule has 0 radical (unpaired) electrons. The summed E-state index contributed by atoms with van der Waals surface area (Å²) in [5.74, 6) is -0.609. The Kier molecular flexibility index (Phi) is 16.7. The molecular weight excluding hydrogens is 488 g/mol. The Balaban J connectivity index is 1.65. The maximum Gasteiger partial charge on any atom is 0.305 e. The molecule has 8 nitrogen and oxygen atoms in total. The van der Waals surface area contributed by atoms with Crippen molar-refractivity contribution in [3.05, 3.63) is 71.8 Å². The number of benzene rings is 2. The fraction of sp³-hybridized carbons (Fsp3) is 0.533. The summed E-state index contributed by atoms with van der Waals surface area (Å²) in [6.07, 6.45) is 2.34. The van der Waals surface area contributed by atoms with Crippen molar-refractivity contribution in [3.63, 3.8) is 0 Å². The molecule has 0 amide bonds. The summed E-state index contributed by atoms with van der Waals surface area (Å²) < 4.78 is 32.7. The molecule has 8 heteroatoms. The molecule has 0 fully saturated rings. The quantitative estimate of drug-likeness (QED) is 0.175. The Hall–Kier alpha value is -2.78. The van der Waals surface area contributed by atoms with Crippen molar-refractivity contribution in [2.24, 2.45) is 0 Å². The third-order valence-electron chi connectivity index (χ3n) is 5.77. The normalized spacial score (nSPS) is 12.6. The number of hydrogen-bond acceptors (Lipinski definition) is 8. The van der Waals surface area contributed by atoms with Crippen LogP contribution >= 0.6 is 0 Å². The molecule has 0 spiro atoms. The van der Waals surface area contributed by atoms with Crippen molar-refractivity contribution in [1.29, 1.82) is 0 Å². The first-order valence-electron chi connectivity index (χ1n) is 13.2. The number of ether oxygens (including phenoxy) is 6. The minimum Gasteiger partial charge on any atom is -0.463 e. The van der Waals surface area contributed by atoms with E-state index in [0.717, 1.165) is 11.1 Å². The summed E-state index contributed by atoms with van der Waals surface area (Å²) in [7, 11) is 3.23. The van der Waals surface area contributed by atoms with E-state index in [1.54, 1.807) is 14.2 Å². The summed E-state index contributed by atoms with van der Waals surface area (Å²) in [6.45, 7) is 2.15. The van der Waals surface area contributed by atoms with Crippen LogP contribution in [0.3, 0.4) is 0 Å². The average Bonchev–Trinajstić information content (AvgIpc) is 2.94. The lowest BCUT2D eigenvalue weighted by atomic mass is 10.1. The SMILES string of the molecule is COCCOC(COC(=O)CCCCC(=O)OCC(Cc1ccccc1)OCCOC)Cc1ccccc1. The van der Waals surface area contributed by atoms with Crippen LogP contribution in [0.4, 0.5) is 0 Å². The molecule has 0 saturated carbocycles. The molecule has 0 heterocycles. The highest BCUT2D eigenvalue weighted by atomic mass is 16.6. The van der Waals surface area contributed by atoms with Gasteiger partial charge in [0.15, 0.2) is 0 Å². The van der Waals surface area contributed by atoms with Gasteiger partial charge < -0.3 is 28.4 Å². The minimum absolute atomic E-state index is 0.172. The third kappa shape index (κ3) is 14.8. The number of unbranched alkanes of at least 4 members (excludes halogenated alkanes) is 1. The molecule has 0 bridgehead atoms. The van der Waals surface area contributed by atoms with Gasteiger partial charge in [-0.05, 0) is 24.0 Å². The standard InChI is InChI=1S/C30H42O8/c1-33-17-19-35-27(21-25-11-5-3-6-12-25)23-37-29(31)15-9-10-16-30(32)38-24-28(36-20-18-34-2)22-26-13-7-4-8-14-26/h3-8,11-14,27-28H,9-10,15-24H2,1-2H3. The Labute approximate surface area is 226 Å². The number of hydrogen-bond donors (Lipinski definition) is 0. The Morgan fingerprint density at radius 3 is 1.37 bits per heavy atom. The minimum atomic E-state index is -0.304. The lowest BCUT2D eigenvalue weighted by molar-refractivity contribution is -0.150. The first-order chi connectivity index (χ1) is 18.6. The van der Waals surface area contributed by atoms with Gasteiger partial charge in [0.05, 0.1) is 38.6 Å². The Morgan fingerprint density at radius 2 is 1.00 bits per heavy atom. The van der Waals surface area contributed by atoms with Crippen LogP contribution in [0.1, 0.15) is 36.8 Å². The van der Waals surface area contributed by atoms with Crippen molar-refractivity contribution >= 4 is 11.9 Å². The van der Waals surface area contributed by atoms with E-state index < -0.39 is 0 Å². The van der Waals surface area contributed by atoms with Crippen LogP contribution in [0.2, 0.25) is 0 Å². The maximum atomic E-state index is 12.2. The van der Waals surface area contributed by atoms with Gasteiger partial charge in [0.1, 0.15) is 13.2 Å². The van der Waals surface area contributed by atoms with E-state index in [2.05, 4.69) is 0 Å². The van der Waals surface area contributed by atoms with Crippen LogP contribution in [0, 0.1) is 0 Å². The molecule has 2 rings (SSSR count). The molecular formula is C30H42O8. The van der Waals surface area contributed by atoms with Crippen LogP contribution < -0.4 is 0 Å². The third-order valence-corrected chi connectivity index (χ3v) is 5.77. The van der Waals surface area contributed by atoms with Gasteiger partial charge in [-0.25, -0.2) is 0 Å². The van der Waals surface area contributed by atoms with Gasteiger partial charge in [-0.3, -0.25) is 9.59 Å². The van der Waals surface area contributed by atoms with Gasteiger partial charge in [0, 0.05) is 39.9 Å². The summed E-state index contributed by atoms with van der Waals surface area (Å²) in [5.41, 5.74) is 2.22. The summed E-state index contributed by atoms with van der Waals surface area (Å²) in [6, 6.07) is 19.9. The second-order valence-corrected chi connectivity index (χ2v) is 8.92. The van der Waals surface area contributed by atoms with Gasteiger partial charge in [0.25, 0.3) is 0 Å². The van der Waals surface area contributed by atoms with Gasteiger partial charge in [-0.1, -0.05) is 60.7 Å². The number of carbonyl (C=O) groups is 2. The highest BCUT2D eigenvalue weighted by molar-refractivity contribution is 5.70. The number of esters is 2. The lowest BCUT2D eigenvalue weighted by Gasteiger charge is -2.18. The average molecular weight is 531 g/mol. The molecule has 2 aromatic carbocycles. The zero-order chi connectivity index (χ0) is 27.3. The molecule has 2 atom stereocenters. The van der Waals surface area contributed by atoms with Gasteiger partial charge in [-0.2, -0.15) is 0 Å². The summed E-state index contributed by atoms with van der Waals surface area (Å²) in [5, 5.41) is 0. The first-order valence-corrected chi connectivity index (χ1v) is 13.2. The highest BCUT2D eigenvalue weighted by Crippen LogP contribution is 2.10. The number of methoxy groups -OCH3 is 2. The Morgan fingerprint density at radius 1 is 0.605 bits per heavy atom. The predicted molar refractivity (Wildman–Crippen MR) is 144 cm³/mol. The van der Waals surface area contributed by atoms with Gasteiger partial charge in [0.2, 0.25) is 0 Å². The van der Waals surface area contributed by atoms with E-state index >= 15 is 0 Å². The van der Waals surface area contributed by atoms with Crippen LogP contribution in [-0.2, 0) is 50.9 Å². The van der Waals surface area contributed by atoms with Crippen molar-refractivity contribution in [3.8, 4) is 0 Å². The fourth-order valence-corrected chi connectivity index (χ4v) is 3.74. The molecule has 0 aliphatic rings. The van der Waals surface area contributed by atoms with E-state index in [9.17, 15) is 9.59 Å². The summed E-state index contributed by atoms with van der Waals surface area (Å²) in [4.78, 5) is 24.5. The molecule has 210 valence electrons. The smallest absolute Gasteiger partial charge is 0.305 e. The second-order valence-electron chi connectivity index (χ2n) is 8.92. The molecule has 0 aromatic heterocycles. The molecule has 0 saturated heterocycles. The Bertz CT molecular complexity index is 801. The second kappa shape index (κ2) is 20.2. The molecule has 0 aliphatic heterocycles. The molecule has 38 heavy (non-hydrogen) atoms. The monoisotopic (exact) mass is 530 g/mol. The van der Waals surface area contributed by atoms with Crippen LogP contribution in [-0.4, -0.2) is 78.0 Å². The van der Waals surface area contributed by atoms with E-state index in [4.69, 9.17) is 28.4 Å².